The zero-order chi connectivity index (χ0) is 16.1. The van der Waals surface area contributed by atoms with E-state index in [1.807, 2.05) is 42.5 Å². The molecule has 0 fully saturated rings. The van der Waals surface area contributed by atoms with Gasteiger partial charge in [-0.05, 0) is 23.8 Å². The van der Waals surface area contributed by atoms with Crippen molar-refractivity contribution < 1.29 is 0 Å². The topological polar surface area (TPSA) is 46.0 Å². The molecule has 0 atom stereocenters. The van der Waals surface area contributed by atoms with Gasteiger partial charge in [0.1, 0.15) is 0 Å². The number of thioether (sulfide) groups is 1. The summed E-state index contributed by atoms with van der Waals surface area (Å²) >= 11 is 12.9. The molecule has 0 bridgehead atoms. The van der Waals surface area contributed by atoms with Crippen LogP contribution in [0.5, 0.6) is 0 Å². The van der Waals surface area contributed by atoms with Crippen LogP contribution >= 0.6 is 35.6 Å². The number of rotatable bonds is 5. The smallest absolute Gasteiger partial charge is 0.217 e. The fraction of sp³-hybridized carbons (Fsp3) is 0.0625. The third-order valence-corrected chi connectivity index (χ3v) is 4.66. The van der Waals surface area contributed by atoms with E-state index in [1.54, 1.807) is 22.7 Å². The number of benzene rings is 2. The van der Waals surface area contributed by atoms with Gasteiger partial charge >= 0.3 is 0 Å². The molecule has 3 aromatic rings. The Kier molecular flexibility index (Phi) is 5.27. The predicted octanol–water partition coefficient (Wildman–Crippen LogP) is 4.77. The first-order valence-corrected chi connectivity index (χ1v) is 8.64. The van der Waals surface area contributed by atoms with Gasteiger partial charge in [-0.25, -0.2) is 5.10 Å². The van der Waals surface area contributed by atoms with Crippen LogP contribution in [0.25, 0.3) is 0 Å². The quantitative estimate of drug-likeness (QED) is 0.405. The van der Waals surface area contributed by atoms with E-state index in [4.69, 9.17) is 23.8 Å². The Balaban J connectivity index is 1.79. The van der Waals surface area contributed by atoms with Crippen molar-refractivity contribution in [3.8, 4) is 0 Å². The number of H-pyrrole nitrogens is 1. The number of halogens is 1. The van der Waals surface area contributed by atoms with Crippen molar-refractivity contribution >= 4 is 41.8 Å². The summed E-state index contributed by atoms with van der Waals surface area (Å²) in [6.07, 6.45) is 1.68. The van der Waals surface area contributed by atoms with Crippen LogP contribution in [-0.2, 0) is 5.75 Å². The average molecular weight is 361 g/mol. The number of aromatic amines is 1. The minimum absolute atomic E-state index is 0.448. The van der Waals surface area contributed by atoms with Gasteiger partial charge in [-0.15, -0.1) is 5.10 Å². The fourth-order valence-electron chi connectivity index (χ4n) is 1.89. The molecule has 1 N–H and O–H groups in total. The lowest BCUT2D eigenvalue weighted by atomic mass is 10.2. The van der Waals surface area contributed by atoms with Crippen molar-refractivity contribution in [2.24, 2.45) is 5.10 Å². The van der Waals surface area contributed by atoms with Gasteiger partial charge in [-0.2, -0.15) is 9.78 Å². The average Bonchev–Trinajstić information content (AvgIpc) is 2.93. The highest BCUT2D eigenvalue weighted by Gasteiger charge is 2.06. The van der Waals surface area contributed by atoms with E-state index in [2.05, 4.69) is 27.4 Å². The molecule has 0 spiro atoms. The Hall–Kier alpha value is -1.89. The summed E-state index contributed by atoms with van der Waals surface area (Å²) < 4.78 is 2.05. The maximum absolute atomic E-state index is 6.13. The van der Waals surface area contributed by atoms with Crippen LogP contribution in [0.1, 0.15) is 11.1 Å². The predicted molar refractivity (Wildman–Crippen MR) is 97.9 cm³/mol. The van der Waals surface area contributed by atoms with E-state index in [9.17, 15) is 0 Å². The van der Waals surface area contributed by atoms with E-state index in [0.29, 0.717) is 15.0 Å². The van der Waals surface area contributed by atoms with Gasteiger partial charge in [0.25, 0.3) is 0 Å². The number of nitrogens with one attached hydrogen (secondary N) is 1. The van der Waals surface area contributed by atoms with E-state index in [0.717, 1.165) is 11.3 Å². The number of nitrogens with zero attached hydrogens (tertiary/aromatic N) is 3. The number of hydrogen-bond donors (Lipinski definition) is 1. The van der Waals surface area contributed by atoms with Crippen LogP contribution in [0, 0.1) is 4.77 Å². The Bertz CT molecular complexity index is 871. The SMILES string of the molecule is S=c1[nH]nc(SCc2ccccc2)n1/N=C\c1ccccc1Cl. The monoisotopic (exact) mass is 360 g/mol. The third-order valence-electron chi connectivity index (χ3n) is 3.05. The molecular weight excluding hydrogens is 348 g/mol. The Labute approximate surface area is 148 Å². The molecule has 4 nitrogen and oxygen atoms in total. The lowest BCUT2D eigenvalue weighted by Gasteiger charge is -2.01. The molecule has 0 amide bonds. The molecule has 2 aromatic carbocycles. The minimum Gasteiger partial charge on any atom is -0.249 e. The van der Waals surface area contributed by atoms with Crippen LogP contribution in [0.2, 0.25) is 5.02 Å². The van der Waals surface area contributed by atoms with E-state index in [-0.39, 0.29) is 0 Å². The molecule has 0 aliphatic carbocycles. The highest BCUT2D eigenvalue weighted by atomic mass is 35.5. The van der Waals surface area contributed by atoms with E-state index >= 15 is 0 Å². The summed E-state index contributed by atoms with van der Waals surface area (Å²) in [6, 6.07) is 17.7. The summed E-state index contributed by atoms with van der Waals surface area (Å²) in [7, 11) is 0. The van der Waals surface area contributed by atoms with Gasteiger partial charge in [-0.3, -0.25) is 0 Å². The largest absolute Gasteiger partial charge is 0.249 e. The molecule has 0 saturated carbocycles. The van der Waals surface area contributed by atoms with Crippen molar-refractivity contribution in [2.45, 2.75) is 10.9 Å². The first kappa shape index (κ1) is 16.0. The molecule has 0 radical (unpaired) electrons. The third kappa shape index (κ3) is 4.10. The van der Waals surface area contributed by atoms with Crippen LogP contribution in [0.15, 0.2) is 64.9 Å². The van der Waals surface area contributed by atoms with Gasteiger partial charge in [0.15, 0.2) is 0 Å². The van der Waals surface area contributed by atoms with Crippen molar-refractivity contribution in [3.63, 3.8) is 0 Å². The second-order valence-corrected chi connectivity index (χ2v) is 6.40. The molecule has 0 unspecified atom stereocenters. The van der Waals surface area contributed by atoms with Gasteiger partial charge < -0.3 is 0 Å². The molecule has 23 heavy (non-hydrogen) atoms. The summed E-state index contributed by atoms with van der Waals surface area (Å²) in [5, 5.41) is 12.8. The highest BCUT2D eigenvalue weighted by Crippen LogP contribution is 2.21. The maximum Gasteiger partial charge on any atom is 0.217 e. The zero-order valence-corrected chi connectivity index (χ0v) is 14.4. The van der Waals surface area contributed by atoms with E-state index < -0.39 is 0 Å². The van der Waals surface area contributed by atoms with Gasteiger partial charge in [-0.1, -0.05) is 71.9 Å². The summed E-state index contributed by atoms with van der Waals surface area (Å²) in [5.74, 6) is 0.794. The molecule has 0 aliphatic rings. The standard InChI is InChI=1S/C16H13ClN4S2/c17-14-9-5-4-8-13(14)10-18-21-15(22)19-20-16(21)23-11-12-6-2-1-3-7-12/h1-10H,11H2,(H,19,22)/b18-10-. The van der Waals surface area contributed by atoms with E-state index in [1.165, 1.54) is 5.56 Å². The Morgan fingerprint density at radius 2 is 1.91 bits per heavy atom. The second kappa shape index (κ2) is 7.59. The first-order valence-electron chi connectivity index (χ1n) is 6.87. The number of aromatic nitrogens is 3. The van der Waals surface area contributed by atoms with Crippen LogP contribution < -0.4 is 0 Å². The Morgan fingerprint density at radius 3 is 2.70 bits per heavy atom. The van der Waals surface area contributed by atoms with Crippen molar-refractivity contribution in [2.75, 3.05) is 0 Å². The Morgan fingerprint density at radius 1 is 1.17 bits per heavy atom. The van der Waals surface area contributed by atoms with Gasteiger partial charge in [0.05, 0.1) is 6.21 Å². The van der Waals surface area contributed by atoms with Gasteiger partial charge in [0.2, 0.25) is 9.93 Å². The summed E-state index contributed by atoms with van der Waals surface area (Å²) in [4.78, 5) is 0. The van der Waals surface area contributed by atoms with Crippen LogP contribution in [-0.4, -0.2) is 21.1 Å². The molecular formula is C16H13ClN4S2. The molecule has 1 heterocycles. The summed E-state index contributed by atoms with van der Waals surface area (Å²) in [6.45, 7) is 0. The zero-order valence-electron chi connectivity index (χ0n) is 12.0. The first-order chi connectivity index (χ1) is 11.2. The normalized spacial score (nSPS) is 11.2. The fourth-order valence-corrected chi connectivity index (χ4v) is 3.18. The molecule has 0 saturated heterocycles. The molecule has 1 aromatic heterocycles. The van der Waals surface area contributed by atoms with Crippen molar-refractivity contribution in [3.05, 3.63) is 75.5 Å². The lowest BCUT2D eigenvalue weighted by Crippen LogP contribution is -1.94. The lowest BCUT2D eigenvalue weighted by molar-refractivity contribution is 0.759. The molecule has 116 valence electrons. The van der Waals surface area contributed by atoms with Crippen LogP contribution in [0.4, 0.5) is 0 Å². The van der Waals surface area contributed by atoms with Crippen molar-refractivity contribution in [1.29, 1.82) is 0 Å². The van der Waals surface area contributed by atoms with Crippen LogP contribution in [0.3, 0.4) is 0 Å². The number of hydrogen-bond acceptors (Lipinski definition) is 4. The highest BCUT2D eigenvalue weighted by molar-refractivity contribution is 7.98. The van der Waals surface area contributed by atoms with Gasteiger partial charge in [0, 0.05) is 16.3 Å². The minimum atomic E-state index is 0.448. The maximum atomic E-state index is 6.13. The molecule has 7 heteroatoms. The van der Waals surface area contributed by atoms with Crippen molar-refractivity contribution in [1.82, 2.24) is 14.9 Å². The molecule has 0 aliphatic heterocycles. The molecule has 3 rings (SSSR count). The summed E-state index contributed by atoms with van der Waals surface area (Å²) in [5.41, 5.74) is 2.05. The second-order valence-electron chi connectivity index (χ2n) is 4.66.